The summed E-state index contributed by atoms with van der Waals surface area (Å²) in [6.45, 7) is 2.01. The van der Waals surface area contributed by atoms with Gasteiger partial charge in [-0.05, 0) is 6.42 Å². The first-order valence-corrected chi connectivity index (χ1v) is 5.10. The quantitative estimate of drug-likeness (QED) is 0.718. The van der Waals surface area contributed by atoms with E-state index in [0.717, 1.165) is 6.42 Å². The summed E-state index contributed by atoms with van der Waals surface area (Å²) in [5.41, 5.74) is 0. The Balaban J connectivity index is 2.86. The van der Waals surface area contributed by atoms with Crippen molar-refractivity contribution in [2.45, 2.75) is 25.1 Å². The summed E-state index contributed by atoms with van der Waals surface area (Å²) in [4.78, 5) is 12.1. The van der Waals surface area contributed by atoms with Gasteiger partial charge in [-0.3, -0.25) is 0 Å². The van der Waals surface area contributed by atoms with Gasteiger partial charge < -0.3 is 9.47 Å². The fourth-order valence-electron chi connectivity index (χ4n) is 0.994. The zero-order valence-corrected chi connectivity index (χ0v) is 9.78. The number of nitrogens with zero attached hydrogens (tertiary/aromatic N) is 3. The Morgan fingerprint density at radius 1 is 1.13 bits per heavy atom. The summed E-state index contributed by atoms with van der Waals surface area (Å²) in [6.07, 6.45) is 1.44. The molecule has 6 heteroatoms. The molecule has 5 nitrogen and oxygen atoms in total. The lowest BCUT2D eigenvalue weighted by Crippen LogP contribution is -2.09. The van der Waals surface area contributed by atoms with Crippen LogP contribution in [0.1, 0.15) is 19.2 Å². The normalized spacial score (nSPS) is 12.3. The third kappa shape index (κ3) is 3.51. The van der Waals surface area contributed by atoms with Crippen LogP contribution in [0, 0.1) is 0 Å². The van der Waals surface area contributed by atoms with E-state index in [-0.39, 0.29) is 17.4 Å². The van der Waals surface area contributed by atoms with Gasteiger partial charge >= 0.3 is 12.0 Å². The first-order valence-electron chi connectivity index (χ1n) is 4.66. The van der Waals surface area contributed by atoms with Crippen LogP contribution in [-0.2, 0) is 6.42 Å². The fourth-order valence-corrected chi connectivity index (χ4v) is 1.13. The highest BCUT2D eigenvalue weighted by Gasteiger charge is 2.10. The summed E-state index contributed by atoms with van der Waals surface area (Å²) in [5, 5.41) is 0.0156. The highest BCUT2D eigenvalue weighted by molar-refractivity contribution is 6.20. The minimum atomic E-state index is 0.0156. The molecule has 1 aromatic heterocycles. The zero-order valence-electron chi connectivity index (χ0n) is 9.03. The van der Waals surface area contributed by atoms with Gasteiger partial charge in [0.15, 0.2) is 0 Å². The molecule has 0 radical (unpaired) electrons. The lowest BCUT2D eigenvalue weighted by Gasteiger charge is -2.07. The third-order valence-corrected chi connectivity index (χ3v) is 2.32. The summed E-state index contributed by atoms with van der Waals surface area (Å²) >= 11 is 6.01. The van der Waals surface area contributed by atoms with Gasteiger partial charge in [0.25, 0.3) is 0 Å². The van der Waals surface area contributed by atoms with E-state index in [1.165, 1.54) is 14.2 Å². The number of alkyl halides is 1. The van der Waals surface area contributed by atoms with Crippen LogP contribution in [0.3, 0.4) is 0 Å². The number of hydrogen-bond acceptors (Lipinski definition) is 5. The zero-order chi connectivity index (χ0) is 11.3. The average molecular weight is 232 g/mol. The molecular weight excluding hydrogens is 218 g/mol. The van der Waals surface area contributed by atoms with Crippen molar-refractivity contribution in [2.24, 2.45) is 0 Å². The van der Waals surface area contributed by atoms with E-state index in [0.29, 0.717) is 12.2 Å². The van der Waals surface area contributed by atoms with Gasteiger partial charge in [0.1, 0.15) is 5.82 Å². The van der Waals surface area contributed by atoms with Crippen molar-refractivity contribution in [1.82, 2.24) is 15.0 Å². The van der Waals surface area contributed by atoms with Gasteiger partial charge in [-0.1, -0.05) is 6.92 Å². The molecule has 0 aliphatic carbocycles. The van der Waals surface area contributed by atoms with Crippen molar-refractivity contribution >= 4 is 11.6 Å². The van der Waals surface area contributed by atoms with Gasteiger partial charge in [-0.15, -0.1) is 16.6 Å². The third-order valence-electron chi connectivity index (χ3n) is 1.85. The minimum absolute atomic E-state index is 0.0156. The van der Waals surface area contributed by atoms with Crippen molar-refractivity contribution in [3.8, 4) is 12.0 Å². The topological polar surface area (TPSA) is 57.1 Å². The van der Waals surface area contributed by atoms with E-state index in [2.05, 4.69) is 15.0 Å². The molecule has 0 aliphatic heterocycles. The largest absolute Gasteiger partial charge is 0.467 e. The van der Waals surface area contributed by atoms with Crippen LogP contribution in [0.25, 0.3) is 0 Å². The highest BCUT2D eigenvalue weighted by Crippen LogP contribution is 2.13. The van der Waals surface area contributed by atoms with Crippen molar-refractivity contribution in [3.05, 3.63) is 5.82 Å². The molecule has 84 valence electrons. The van der Waals surface area contributed by atoms with E-state index >= 15 is 0 Å². The number of halogens is 1. The highest BCUT2D eigenvalue weighted by atomic mass is 35.5. The van der Waals surface area contributed by atoms with E-state index in [1.54, 1.807) is 0 Å². The molecule has 1 rings (SSSR count). The molecule has 0 bridgehead atoms. The van der Waals surface area contributed by atoms with E-state index in [9.17, 15) is 0 Å². The smallest absolute Gasteiger partial charge is 0.322 e. The predicted molar refractivity (Wildman–Crippen MR) is 56.6 cm³/mol. The molecule has 0 aliphatic rings. The second-order valence-electron chi connectivity index (χ2n) is 2.93. The Kier molecular flexibility index (Phi) is 4.55. The van der Waals surface area contributed by atoms with Gasteiger partial charge in [-0.25, -0.2) is 0 Å². The molecular formula is C9H14ClN3O2. The number of hydrogen-bond donors (Lipinski definition) is 0. The lowest BCUT2D eigenvalue weighted by atomic mass is 10.2. The Morgan fingerprint density at radius 2 is 1.67 bits per heavy atom. The molecule has 15 heavy (non-hydrogen) atoms. The molecule has 0 N–H and O–H groups in total. The van der Waals surface area contributed by atoms with Crippen molar-refractivity contribution in [3.63, 3.8) is 0 Å². The van der Waals surface area contributed by atoms with E-state index < -0.39 is 0 Å². The second kappa shape index (κ2) is 5.70. The van der Waals surface area contributed by atoms with E-state index in [1.807, 2.05) is 6.92 Å². The number of ether oxygens (including phenoxy) is 2. The maximum absolute atomic E-state index is 6.01. The molecule has 1 unspecified atom stereocenters. The predicted octanol–water partition coefficient (Wildman–Crippen LogP) is 1.45. The summed E-state index contributed by atoms with van der Waals surface area (Å²) in [5.74, 6) is 0.584. The Bertz CT molecular complexity index is 300. The number of rotatable bonds is 5. The molecule has 0 aromatic carbocycles. The van der Waals surface area contributed by atoms with Crippen LogP contribution in [0.2, 0.25) is 0 Å². The van der Waals surface area contributed by atoms with Crippen molar-refractivity contribution < 1.29 is 9.47 Å². The summed E-state index contributed by atoms with van der Waals surface area (Å²) < 4.78 is 9.85. The van der Waals surface area contributed by atoms with Crippen molar-refractivity contribution in [1.29, 1.82) is 0 Å². The van der Waals surface area contributed by atoms with Crippen LogP contribution in [-0.4, -0.2) is 34.5 Å². The Labute approximate surface area is 93.8 Å². The monoisotopic (exact) mass is 231 g/mol. The van der Waals surface area contributed by atoms with Gasteiger partial charge in [0.05, 0.1) is 14.2 Å². The molecule has 0 saturated carbocycles. The van der Waals surface area contributed by atoms with Crippen LogP contribution in [0.5, 0.6) is 12.0 Å². The van der Waals surface area contributed by atoms with Crippen LogP contribution in [0.15, 0.2) is 0 Å². The van der Waals surface area contributed by atoms with Gasteiger partial charge in [0.2, 0.25) is 0 Å². The minimum Gasteiger partial charge on any atom is -0.467 e. The summed E-state index contributed by atoms with van der Waals surface area (Å²) in [6, 6.07) is 0.494. The fraction of sp³-hybridized carbons (Fsp3) is 0.667. The van der Waals surface area contributed by atoms with Crippen molar-refractivity contribution in [2.75, 3.05) is 14.2 Å². The van der Waals surface area contributed by atoms with Gasteiger partial charge in [-0.2, -0.15) is 9.97 Å². The molecule has 0 spiro atoms. The first kappa shape index (κ1) is 12.0. The van der Waals surface area contributed by atoms with Crippen LogP contribution >= 0.6 is 11.6 Å². The molecule has 1 atom stereocenters. The SMILES string of the molecule is CCC(Cl)Cc1nc(OC)nc(OC)n1. The maximum atomic E-state index is 6.01. The molecule has 0 amide bonds. The second-order valence-corrected chi connectivity index (χ2v) is 3.55. The molecule has 1 heterocycles. The average Bonchev–Trinajstić information content (AvgIpc) is 2.28. The summed E-state index contributed by atoms with van der Waals surface area (Å²) in [7, 11) is 2.99. The molecule has 0 saturated heterocycles. The lowest BCUT2D eigenvalue weighted by molar-refractivity contribution is 0.336. The molecule has 0 fully saturated rings. The number of methoxy groups -OCH3 is 2. The van der Waals surface area contributed by atoms with E-state index in [4.69, 9.17) is 21.1 Å². The molecule has 1 aromatic rings. The standard InChI is InChI=1S/C9H14ClN3O2/c1-4-6(10)5-7-11-8(14-2)13-9(12-7)15-3/h6H,4-5H2,1-3H3. The Hall–Kier alpha value is -1.10. The number of aromatic nitrogens is 3. The van der Waals surface area contributed by atoms with Gasteiger partial charge in [0, 0.05) is 11.8 Å². The van der Waals surface area contributed by atoms with Crippen LogP contribution in [0.4, 0.5) is 0 Å². The maximum Gasteiger partial charge on any atom is 0.322 e. The van der Waals surface area contributed by atoms with Crippen LogP contribution < -0.4 is 9.47 Å². The first-order chi connectivity index (χ1) is 7.19. The Morgan fingerprint density at radius 3 is 2.07 bits per heavy atom.